The van der Waals surface area contributed by atoms with Crippen molar-refractivity contribution in [3.8, 4) is 0 Å². The van der Waals surface area contributed by atoms with Gasteiger partial charge in [-0.3, -0.25) is 18.8 Å². The fraction of sp³-hybridized carbons (Fsp3) is 0.500. The van der Waals surface area contributed by atoms with Crippen LogP contribution in [0.3, 0.4) is 0 Å². The number of rotatable bonds is 6. The van der Waals surface area contributed by atoms with E-state index in [4.69, 9.17) is 0 Å². The summed E-state index contributed by atoms with van der Waals surface area (Å²) < 4.78 is 27.9. The van der Waals surface area contributed by atoms with Crippen LogP contribution in [0.4, 0.5) is 14.5 Å². The minimum atomic E-state index is -2.65. The monoisotopic (exact) mass is 366 g/mol. The van der Waals surface area contributed by atoms with Crippen LogP contribution in [-0.2, 0) is 23.1 Å². The molecule has 8 nitrogen and oxygen atoms in total. The summed E-state index contributed by atoms with van der Waals surface area (Å²) in [5.41, 5.74) is 0.661. The Morgan fingerprint density at radius 3 is 2.96 bits per heavy atom. The number of amides is 2. The first-order chi connectivity index (χ1) is 12.5. The average molecular weight is 366 g/mol. The molecule has 2 amide bonds. The van der Waals surface area contributed by atoms with Gasteiger partial charge in [0, 0.05) is 51.6 Å². The maximum Gasteiger partial charge on any atom is 0.319 e. The standard InChI is InChI=1S/C16H20F2N6O2/c1-22-10-12(8-21-22)24-9-11(2-3-14(24)25)15(26)20-5-4-13-19-6-7-23(13)16(17)18/h6-8,10-11,16H,2-5,9H2,1H3,(H,20,26). The molecule has 3 heterocycles. The van der Waals surface area contributed by atoms with Crippen molar-refractivity contribution in [1.82, 2.24) is 24.6 Å². The van der Waals surface area contributed by atoms with Crippen LogP contribution in [-0.4, -0.2) is 44.2 Å². The summed E-state index contributed by atoms with van der Waals surface area (Å²) in [5.74, 6) is -0.360. The molecule has 2 aromatic heterocycles. The van der Waals surface area contributed by atoms with Gasteiger partial charge < -0.3 is 10.2 Å². The molecule has 1 N–H and O–H groups in total. The van der Waals surface area contributed by atoms with Gasteiger partial charge in [0.05, 0.1) is 17.8 Å². The molecule has 1 unspecified atom stereocenters. The second-order valence-electron chi connectivity index (χ2n) is 6.18. The zero-order chi connectivity index (χ0) is 18.7. The highest BCUT2D eigenvalue weighted by Crippen LogP contribution is 2.23. The third kappa shape index (κ3) is 3.89. The smallest absolute Gasteiger partial charge is 0.319 e. The van der Waals surface area contributed by atoms with E-state index < -0.39 is 6.55 Å². The summed E-state index contributed by atoms with van der Waals surface area (Å²) in [6, 6.07) is 0. The van der Waals surface area contributed by atoms with Crippen LogP contribution in [0.1, 0.15) is 25.2 Å². The number of nitrogens with one attached hydrogen (secondary N) is 1. The molecule has 1 aliphatic heterocycles. The first-order valence-electron chi connectivity index (χ1n) is 8.32. The molecule has 0 saturated carbocycles. The van der Waals surface area contributed by atoms with Gasteiger partial charge in [-0.1, -0.05) is 0 Å². The van der Waals surface area contributed by atoms with Gasteiger partial charge in [-0.25, -0.2) is 4.98 Å². The molecule has 1 aliphatic rings. The number of hydrogen-bond acceptors (Lipinski definition) is 4. The fourth-order valence-electron chi connectivity index (χ4n) is 3.01. The van der Waals surface area contributed by atoms with Crippen LogP contribution < -0.4 is 10.2 Å². The molecule has 0 spiro atoms. The second-order valence-corrected chi connectivity index (χ2v) is 6.18. The Balaban J connectivity index is 1.54. The number of carbonyl (C=O) groups is 2. The zero-order valence-corrected chi connectivity index (χ0v) is 14.3. The number of halogens is 2. The van der Waals surface area contributed by atoms with Crippen molar-refractivity contribution >= 4 is 17.5 Å². The molecule has 10 heteroatoms. The van der Waals surface area contributed by atoms with Crippen LogP contribution in [0.2, 0.25) is 0 Å². The number of imidazole rings is 1. The molecule has 140 valence electrons. The van der Waals surface area contributed by atoms with Gasteiger partial charge in [0.2, 0.25) is 11.8 Å². The SMILES string of the molecule is Cn1cc(N2CC(C(=O)NCCc3nccn3C(F)F)CCC2=O)cn1. The molecule has 1 saturated heterocycles. The van der Waals surface area contributed by atoms with E-state index in [2.05, 4.69) is 15.4 Å². The Kier molecular flexibility index (Phi) is 5.29. The van der Waals surface area contributed by atoms with E-state index in [1.54, 1.807) is 29.0 Å². The molecular formula is C16H20F2N6O2. The number of aromatic nitrogens is 4. The molecule has 3 rings (SSSR count). The number of hydrogen-bond donors (Lipinski definition) is 1. The number of alkyl halides is 2. The van der Waals surface area contributed by atoms with Gasteiger partial charge in [-0.05, 0) is 6.42 Å². The van der Waals surface area contributed by atoms with Crippen molar-refractivity contribution < 1.29 is 18.4 Å². The number of anilines is 1. The Morgan fingerprint density at radius 2 is 2.27 bits per heavy atom. The Labute approximate surface area is 148 Å². The van der Waals surface area contributed by atoms with Gasteiger partial charge in [-0.2, -0.15) is 13.9 Å². The van der Waals surface area contributed by atoms with E-state index in [0.717, 1.165) is 4.57 Å². The van der Waals surface area contributed by atoms with Crippen LogP contribution in [0.15, 0.2) is 24.8 Å². The lowest BCUT2D eigenvalue weighted by molar-refractivity contribution is -0.127. The summed E-state index contributed by atoms with van der Waals surface area (Å²) >= 11 is 0. The molecule has 0 radical (unpaired) electrons. The number of nitrogens with zero attached hydrogens (tertiary/aromatic N) is 5. The van der Waals surface area contributed by atoms with Crippen LogP contribution in [0.25, 0.3) is 0 Å². The van der Waals surface area contributed by atoms with Gasteiger partial charge >= 0.3 is 6.55 Å². The van der Waals surface area contributed by atoms with Crippen LogP contribution >= 0.6 is 0 Å². The summed E-state index contributed by atoms with van der Waals surface area (Å²) in [6.07, 6.45) is 6.78. The lowest BCUT2D eigenvalue weighted by atomic mass is 9.96. The molecule has 0 aromatic carbocycles. The lowest BCUT2D eigenvalue weighted by Crippen LogP contribution is -2.46. The number of piperidine rings is 1. The third-order valence-electron chi connectivity index (χ3n) is 4.39. The van der Waals surface area contributed by atoms with Crippen molar-refractivity contribution in [2.45, 2.75) is 25.8 Å². The van der Waals surface area contributed by atoms with Crippen molar-refractivity contribution in [1.29, 1.82) is 0 Å². The quantitative estimate of drug-likeness (QED) is 0.830. The Bertz CT molecular complexity index is 787. The predicted octanol–water partition coefficient (Wildman–Crippen LogP) is 1.11. The largest absolute Gasteiger partial charge is 0.355 e. The van der Waals surface area contributed by atoms with E-state index in [0.29, 0.717) is 12.1 Å². The minimum Gasteiger partial charge on any atom is -0.355 e. The normalized spacial score (nSPS) is 17.8. The van der Waals surface area contributed by atoms with E-state index in [-0.39, 0.29) is 49.5 Å². The molecule has 1 fully saturated rings. The van der Waals surface area contributed by atoms with Crippen LogP contribution in [0.5, 0.6) is 0 Å². The lowest BCUT2D eigenvalue weighted by Gasteiger charge is -2.30. The van der Waals surface area contributed by atoms with Crippen molar-refractivity contribution in [2.24, 2.45) is 13.0 Å². The van der Waals surface area contributed by atoms with E-state index in [1.807, 2.05) is 0 Å². The summed E-state index contributed by atoms with van der Waals surface area (Å²) in [5, 5.41) is 6.80. The molecule has 1 atom stereocenters. The maximum atomic E-state index is 12.8. The number of carbonyl (C=O) groups excluding carboxylic acids is 2. The zero-order valence-electron chi connectivity index (χ0n) is 14.3. The third-order valence-corrected chi connectivity index (χ3v) is 4.39. The molecule has 0 bridgehead atoms. The fourth-order valence-corrected chi connectivity index (χ4v) is 3.01. The average Bonchev–Trinajstić information content (AvgIpc) is 3.24. The molecule has 26 heavy (non-hydrogen) atoms. The van der Waals surface area contributed by atoms with Gasteiger partial charge in [-0.15, -0.1) is 0 Å². The second kappa shape index (κ2) is 7.63. The van der Waals surface area contributed by atoms with Crippen molar-refractivity contribution in [3.05, 3.63) is 30.6 Å². The van der Waals surface area contributed by atoms with Gasteiger partial charge in [0.25, 0.3) is 0 Å². The van der Waals surface area contributed by atoms with Crippen LogP contribution in [0, 0.1) is 5.92 Å². The van der Waals surface area contributed by atoms with Gasteiger partial charge in [0.15, 0.2) is 0 Å². The molecular weight excluding hydrogens is 346 g/mol. The summed E-state index contributed by atoms with van der Waals surface area (Å²) in [4.78, 5) is 29.9. The predicted molar refractivity (Wildman–Crippen MR) is 88.5 cm³/mol. The number of aryl methyl sites for hydroxylation is 1. The maximum absolute atomic E-state index is 12.8. The first kappa shape index (κ1) is 18.0. The van der Waals surface area contributed by atoms with E-state index >= 15 is 0 Å². The minimum absolute atomic E-state index is 0.0407. The molecule has 0 aliphatic carbocycles. The summed E-state index contributed by atoms with van der Waals surface area (Å²) in [6.45, 7) is -2.16. The Morgan fingerprint density at radius 1 is 1.46 bits per heavy atom. The molecule has 2 aromatic rings. The topological polar surface area (TPSA) is 85.0 Å². The highest BCUT2D eigenvalue weighted by atomic mass is 19.3. The highest BCUT2D eigenvalue weighted by molar-refractivity contribution is 5.95. The highest BCUT2D eigenvalue weighted by Gasteiger charge is 2.31. The first-order valence-corrected chi connectivity index (χ1v) is 8.32. The van der Waals surface area contributed by atoms with E-state index in [9.17, 15) is 18.4 Å². The summed E-state index contributed by atoms with van der Waals surface area (Å²) in [7, 11) is 1.76. The van der Waals surface area contributed by atoms with Crippen molar-refractivity contribution in [3.63, 3.8) is 0 Å². The van der Waals surface area contributed by atoms with E-state index in [1.165, 1.54) is 12.4 Å². The van der Waals surface area contributed by atoms with Gasteiger partial charge in [0.1, 0.15) is 5.82 Å². The van der Waals surface area contributed by atoms with Crippen molar-refractivity contribution in [2.75, 3.05) is 18.0 Å². The Hall–Kier alpha value is -2.78.